The smallest absolute Gasteiger partial charge is 0.115 e. The molecule has 0 spiro atoms. The molecular formula is C25H38N4O5. The molecule has 6 N–H and O–H groups in total. The third-order valence-electron chi connectivity index (χ3n) is 5.94. The maximum absolute atomic E-state index is 9.97. The molecule has 34 heavy (non-hydrogen) atoms. The maximum atomic E-state index is 9.97. The molecule has 9 heteroatoms. The lowest BCUT2D eigenvalue weighted by Crippen LogP contribution is -2.47. The third kappa shape index (κ3) is 9.19. The number of piperidine rings is 1. The monoisotopic (exact) mass is 474 g/mol. The number of ether oxygens (including phenoxy) is 1. The molecule has 2 atom stereocenters. The first-order valence-electron chi connectivity index (χ1n) is 12.0. The number of morpholine rings is 1. The average Bonchev–Trinajstić information content (AvgIpc) is 2.88. The zero-order chi connectivity index (χ0) is 24.2. The lowest BCUT2D eigenvalue weighted by molar-refractivity contribution is 0.00312. The second kappa shape index (κ2) is 14.2. The van der Waals surface area contributed by atoms with E-state index in [1.807, 2.05) is 5.01 Å². The summed E-state index contributed by atoms with van der Waals surface area (Å²) < 4.78 is 5.23. The Bertz CT molecular complexity index is 740. The Hall–Kier alpha value is -2.24. The number of nitrogens with zero attached hydrogens (tertiary/aromatic N) is 2. The van der Waals surface area contributed by atoms with Crippen molar-refractivity contribution in [2.45, 2.75) is 31.5 Å². The van der Waals surface area contributed by atoms with E-state index in [1.165, 1.54) is 19.3 Å². The summed E-state index contributed by atoms with van der Waals surface area (Å²) in [6.07, 6.45) is 2.65. The van der Waals surface area contributed by atoms with E-state index in [4.69, 9.17) is 14.9 Å². The number of aromatic hydroxyl groups is 2. The molecule has 2 aliphatic rings. The van der Waals surface area contributed by atoms with Crippen LogP contribution >= 0.6 is 0 Å². The molecule has 2 unspecified atom stereocenters. The Labute approximate surface area is 201 Å². The van der Waals surface area contributed by atoms with Gasteiger partial charge in [-0.25, -0.2) is 10.0 Å². The lowest BCUT2D eigenvalue weighted by atomic mass is 10.1. The Kier molecular flexibility index (Phi) is 11.0. The van der Waals surface area contributed by atoms with Crippen LogP contribution in [0.2, 0.25) is 0 Å². The molecule has 0 radical (unpaired) electrons. The summed E-state index contributed by atoms with van der Waals surface area (Å²) in [4.78, 5) is 0. The van der Waals surface area contributed by atoms with Crippen molar-refractivity contribution in [3.05, 3.63) is 59.7 Å². The number of aliphatic hydroxyl groups is 2. The van der Waals surface area contributed by atoms with Crippen LogP contribution in [0, 0.1) is 0 Å². The highest BCUT2D eigenvalue weighted by atomic mass is 16.5. The van der Waals surface area contributed by atoms with Crippen molar-refractivity contribution in [3.63, 3.8) is 0 Å². The van der Waals surface area contributed by atoms with Crippen molar-refractivity contribution in [1.29, 1.82) is 0 Å². The highest BCUT2D eigenvalue weighted by Crippen LogP contribution is 2.17. The molecule has 0 bridgehead atoms. The standard InChI is InChI=1S/C13H20N2O2.C12H18N2O3/c16-12-6-4-11(5-7-12)13(17)10-14-15-8-2-1-3-9-15;15-11-3-1-10(2-4-11)12(16)9-13-14-5-7-17-8-6-14/h4-7,13-14,16-17H,1-3,8-10H2;1-4,12-13,15-16H,5-9H2. The summed E-state index contributed by atoms with van der Waals surface area (Å²) in [6.45, 7) is 6.22. The molecule has 0 aromatic heterocycles. The van der Waals surface area contributed by atoms with Crippen molar-refractivity contribution in [3.8, 4) is 11.5 Å². The Morgan fingerprint density at radius 3 is 1.50 bits per heavy atom. The van der Waals surface area contributed by atoms with E-state index in [2.05, 4.69) is 15.9 Å². The molecule has 0 aliphatic carbocycles. The quantitative estimate of drug-likeness (QED) is 0.339. The summed E-state index contributed by atoms with van der Waals surface area (Å²) in [5.41, 5.74) is 8.05. The van der Waals surface area contributed by atoms with Gasteiger partial charge in [0.05, 0.1) is 25.4 Å². The fraction of sp³-hybridized carbons (Fsp3) is 0.520. The van der Waals surface area contributed by atoms with Gasteiger partial charge in [0, 0.05) is 39.3 Å². The van der Waals surface area contributed by atoms with Gasteiger partial charge < -0.3 is 25.2 Å². The Balaban J connectivity index is 0.000000191. The van der Waals surface area contributed by atoms with E-state index >= 15 is 0 Å². The molecule has 0 amide bonds. The molecule has 188 valence electrons. The van der Waals surface area contributed by atoms with Crippen molar-refractivity contribution in [2.24, 2.45) is 0 Å². The normalized spacial score (nSPS) is 19.1. The summed E-state index contributed by atoms with van der Waals surface area (Å²) in [7, 11) is 0. The van der Waals surface area contributed by atoms with Crippen molar-refractivity contribution in [1.82, 2.24) is 20.9 Å². The highest BCUT2D eigenvalue weighted by molar-refractivity contribution is 5.28. The van der Waals surface area contributed by atoms with Crippen LogP contribution in [-0.4, -0.2) is 82.9 Å². The molecule has 9 nitrogen and oxygen atoms in total. The predicted octanol–water partition coefficient (Wildman–Crippen LogP) is 1.68. The zero-order valence-corrected chi connectivity index (χ0v) is 19.6. The number of hydrogen-bond donors (Lipinski definition) is 6. The van der Waals surface area contributed by atoms with Crippen LogP contribution in [0.15, 0.2) is 48.5 Å². The van der Waals surface area contributed by atoms with Crippen LogP contribution < -0.4 is 10.9 Å². The number of aliphatic hydroxyl groups excluding tert-OH is 2. The van der Waals surface area contributed by atoms with E-state index < -0.39 is 12.2 Å². The van der Waals surface area contributed by atoms with Gasteiger partial charge in [0.25, 0.3) is 0 Å². The predicted molar refractivity (Wildman–Crippen MR) is 130 cm³/mol. The van der Waals surface area contributed by atoms with Crippen molar-refractivity contribution < 1.29 is 25.2 Å². The van der Waals surface area contributed by atoms with Gasteiger partial charge in [-0.05, 0) is 48.2 Å². The first kappa shape index (κ1) is 26.4. The van der Waals surface area contributed by atoms with Crippen molar-refractivity contribution >= 4 is 0 Å². The SMILES string of the molecule is Oc1ccc(C(O)CNN2CCCCC2)cc1.Oc1ccc(C(O)CNN2CCOCC2)cc1. The summed E-state index contributed by atoms with van der Waals surface area (Å²) >= 11 is 0. The maximum Gasteiger partial charge on any atom is 0.115 e. The Morgan fingerprint density at radius 1 is 0.647 bits per heavy atom. The van der Waals surface area contributed by atoms with Gasteiger partial charge >= 0.3 is 0 Å². The zero-order valence-electron chi connectivity index (χ0n) is 19.6. The molecule has 0 saturated carbocycles. The van der Waals surface area contributed by atoms with Gasteiger partial charge in [0.15, 0.2) is 0 Å². The van der Waals surface area contributed by atoms with E-state index in [9.17, 15) is 10.2 Å². The number of phenols is 2. The first-order chi connectivity index (χ1) is 16.5. The van der Waals surface area contributed by atoms with Crippen LogP contribution in [0.5, 0.6) is 11.5 Å². The molecule has 2 fully saturated rings. The molecule has 2 aromatic rings. The number of hydrogen-bond acceptors (Lipinski definition) is 9. The number of rotatable bonds is 8. The second-order valence-electron chi connectivity index (χ2n) is 8.59. The van der Waals surface area contributed by atoms with Gasteiger partial charge in [-0.3, -0.25) is 10.9 Å². The van der Waals surface area contributed by atoms with Gasteiger partial charge in [0.2, 0.25) is 0 Å². The van der Waals surface area contributed by atoms with Gasteiger partial charge in [-0.2, -0.15) is 0 Å². The molecule has 2 heterocycles. The van der Waals surface area contributed by atoms with E-state index in [-0.39, 0.29) is 11.5 Å². The topological polar surface area (TPSA) is 121 Å². The minimum absolute atomic E-state index is 0.210. The molecule has 2 aliphatic heterocycles. The molecular weight excluding hydrogens is 436 g/mol. The van der Waals surface area contributed by atoms with Gasteiger partial charge in [-0.1, -0.05) is 30.7 Å². The molecule has 4 rings (SSSR count). The lowest BCUT2D eigenvalue weighted by Gasteiger charge is -2.28. The first-order valence-corrected chi connectivity index (χ1v) is 12.0. The summed E-state index contributed by atoms with van der Waals surface area (Å²) in [6, 6.07) is 13.3. The van der Waals surface area contributed by atoms with Crippen LogP contribution in [0.4, 0.5) is 0 Å². The number of hydrazine groups is 2. The Morgan fingerprint density at radius 2 is 1.06 bits per heavy atom. The fourth-order valence-electron chi connectivity index (χ4n) is 3.83. The summed E-state index contributed by atoms with van der Waals surface area (Å²) in [5, 5.41) is 42.5. The van der Waals surface area contributed by atoms with Crippen LogP contribution in [0.1, 0.15) is 42.6 Å². The van der Waals surface area contributed by atoms with E-state index in [1.54, 1.807) is 48.5 Å². The number of nitrogens with one attached hydrogen (secondary N) is 2. The van der Waals surface area contributed by atoms with E-state index in [0.717, 1.165) is 50.5 Å². The number of phenolic OH excluding ortho intramolecular Hbond substituents is 2. The molecule has 2 saturated heterocycles. The average molecular weight is 475 g/mol. The van der Waals surface area contributed by atoms with Gasteiger partial charge in [-0.15, -0.1) is 0 Å². The molecule has 2 aromatic carbocycles. The highest BCUT2D eigenvalue weighted by Gasteiger charge is 2.14. The van der Waals surface area contributed by atoms with E-state index in [0.29, 0.717) is 13.1 Å². The van der Waals surface area contributed by atoms with Crippen LogP contribution in [0.25, 0.3) is 0 Å². The van der Waals surface area contributed by atoms with Crippen molar-refractivity contribution in [2.75, 3.05) is 52.5 Å². The van der Waals surface area contributed by atoms with Gasteiger partial charge in [0.1, 0.15) is 11.5 Å². The van der Waals surface area contributed by atoms with Crippen LogP contribution in [-0.2, 0) is 4.74 Å². The largest absolute Gasteiger partial charge is 0.508 e. The minimum atomic E-state index is -0.571. The van der Waals surface area contributed by atoms with Crippen LogP contribution in [0.3, 0.4) is 0 Å². The number of benzene rings is 2. The summed E-state index contributed by atoms with van der Waals surface area (Å²) in [5.74, 6) is 0.437. The third-order valence-corrected chi connectivity index (χ3v) is 5.94. The minimum Gasteiger partial charge on any atom is -0.508 e. The fourth-order valence-corrected chi connectivity index (χ4v) is 3.83. The second-order valence-corrected chi connectivity index (χ2v) is 8.59.